The number of carboxylic acid groups (broad SMARTS) is 1. The molecule has 0 atom stereocenters. The second kappa shape index (κ2) is 7.10. The van der Waals surface area contributed by atoms with Gasteiger partial charge in [0.25, 0.3) is 0 Å². The van der Waals surface area contributed by atoms with E-state index in [9.17, 15) is 4.79 Å². The van der Waals surface area contributed by atoms with Crippen molar-refractivity contribution in [3.05, 3.63) is 78.4 Å². The fourth-order valence-electron chi connectivity index (χ4n) is 1.88. The van der Waals surface area contributed by atoms with Gasteiger partial charge in [0, 0.05) is 0 Å². The Balaban J connectivity index is 0.000000161. The van der Waals surface area contributed by atoms with E-state index in [0.29, 0.717) is 5.56 Å². The van der Waals surface area contributed by atoms with Gasteiger partial charge in [0.05, 0.1) is 12.7 Å². The van der Waals surface area contributed by atoms with Gasteiger partial charge in [0.15, 0.2) is 0 Å². The number of carboxylic acids is 1. The third-order valence-corrected chi connectivity index (χ3v) is 2.98. The summed E-state index contributed by atoms with van der Waals surface area (Å²) in [5.74, 6) is 0.0318. The number of methoxy groups -OCH3 is 1. The van der Waals surface area contributed by atoms with Crippen LogP contribution in [0, 0.1) is 0 Å². The maximum absolute atomic E-state index is 10.2. The van der Waals surface area contributed by atoms with E-state index in [2.05, 4.69) is 18.2 Å². The summed E-state index contributed by atoms with van der Waals surface area (Å²) in [5.41, 5.74) is 0.331. The van der Waals surface area contributed by atoms with Crippen LogP contribution >= 0.6 is 0 Å². The van der Waals surface area contributed by atoms with Crippen molar-refractivity contribution in [2.45, 2.75) is 0 Å². The molecule has 0 aliphatic rings. The van der Waals surface area contributed by atoms with E-state index in [1.165, 1.54) is 10.8 Å². The molecule has 106 valence electrons. The first-order valence-corrected chi connectivity index (χ1v) is 6.52. The van der Waals surface area contributed by atoms with Crippen molar-refractivity contribution < 1.29 is 14.6 Å². The Labute approximate surface area is 123 Å². The number of hydrogen-bond acceptors (Lipinski definition) is 2. The van der Waals surface area contributed by atoms with Crippen molar-refractivity contribution in [3.8, 4) is 5.75 Å². The molecule has 0 spiro atoms. The monoisotopic (exact) mass is 280 g/mol. The van der Waals surface area contributed by atoms with E-state index in [1.807, 2.05) is 24.3 Å². The molecule has 0 amide bonds. The third-order valence-electron chi connectivity index (χ3n) is 2.98. The number of fused-ring (bicyclic) bond motifs is 1. The van der Waals surface area contributed by atoms with Gasteiger partial charge < -0.3 is 9.84 Å². The van der Waals surface area contributed by atoms with Crippen LogP contribution in [0.5, 0.6) is 5.75 Å². The average Bonchev–Trinajstić information content (AvgIpc) is 2.55. The Morgan fingerprint density at radius 3 is 2.05 bits per heavy atom. The minimum Gasteiger partial charge on any atom is -0.497 e. The zero-order valence-corrected chi connectivity index (χ0v) is 11.7. The molecule has 3 rings (SSSR count). The fraction of sp³-hybridized carbons (Fsp3) is 0.0556. The summed E-state index contributed by atoms with van der Waals surface area (Å²) in [4.78, 5) is 10.2. The van der Waals surface area contributed by atoms with Crippen LogP contribution in [0.15, 0.2) is 72.8 Å². The summed E-state index contributed by atoms with van der Waals surface area (Å²) in [6.45, 7) is 0. The summed E-state index contributed by atoms with van der Waals surface area (Å²) < 4.78 is 5.12. The fourth-order valence-corrected chi connectivity index (χ4v) is 1.88. The summed E-state index contributed by atoms with van der Waals surface area (Å²) in [6.07, 6.45) is 0. The number of aromatic carboxylic acids is 1. The molecule has 21 heavy (non-hydrogen) atoms. The third kappa shape index (κ3) is 4.08. The lowest BCUT2D eigenvalue weighted by atomic mass is 10.1. The van der Waals surface area contributed by atoms with Crippen LogP contribution < -0.4 is 4.74 Å². The van der Waals surface area contributed by atoms with Crippen molar-refractivity contribution in [1.29, 1.82) is 0 Å². The van der Waals surface area contributed by atoms with Crippen LogP contribution in [0.3, 0.4) is 0 Å². The highest BCUT2D eigenvalue weighted by molar-refractivity contribution is 5.87. The highest BCUT2D eigenvalue weighted by Crippen LogP contribution is 2.19. The Hall–Kier alpha value is -2.81. The molecule has 3 aromatic rings. The number of carbonyl (C=O) groups is 1. The lowest BCUT2D eigenvalue weighted by molar-refractivity contribution is 0.0697. The van der Waals surface area contributed by atoms with Crippen molar-refractivity contribution in [2.24, 2.45) is 0 Å². The van der Waals surface area contributed by atoms with E-state index >= 15 is 0 Å². The molecule has 0 aliphatic heterocycles. The number of ether oxygens (including phenoxy) is 1. The smallest absolute Gasteiger partial charge is 0.335 e. The van der Waals surface area contributed by atoms with Crippen LogP contribution in [0.1, 0.15) is 10.4 Å². The topological polar surface area (TPSA) is 46.5 Å². The van der Waals surface area contributed by atoms with E-state index in [1.54, 1.807) is 37.4 Å². The van der Waals surface area contributed by atoms with Crippen LogP contribution in [0.4, 0.5) is 0 Å². The van der Waals surface area contributed by atoms with Gasteiger partial charge in [0.2, 0.25) is 0 Å². The molecule has 0 saturated heterocycles. The summed E-state index contributed by atoms with van der Waals surface area (Å²) in [6, 6.07) is 22.6. The zero-order valence-electron chi connectivity index (χ0n) is 11.7. The maximum Gasteiger partial charge on any atom is 0.335 e. The molecule has 0 bridgehead atoms. The quantitative estimate of drug-likeness (QED) is 0.764. The van der Waals surface area contributed by atoms with Gasteiger partial charge in [-0.3, -0.25) is 0 Å². The van der Waals surface area contributed by atoms with Crippen molar-refractivity contribution in [1.82, 2.24) is 0 Å². The molecule has 0 radical (unpaired) electrons. The van der Waals surface area contributed by atoms with Gasteiger partial charge in [-0.2, -0.15) is 0 Å². The molecule has 0 unspecified atom stereocenters. The average molecular weight is 280 g/mol. The molecule has 0 aliphatic carbocycles. The van der Waals surface area contributed by atoms with Crippen molar-refractivity contribution in [3.63, 3.8) is 0 Å². The summed E-state index contributed by atoms with van der Waals surface area (Å²) >= 11 is 0. The molecule has 3 nitrogen and oxygen atoms in total. The Morgan fingerprint density at radius 1 is 0.857 bits per heavy atom. The number of benzene rings is 3. The SMILES string of the molecule is COc1ccc2ccccc2c1.O=C(O)c1ccccc1. The van der Waals surface area contributed by atoms with E-state index in [0.717, 1.165) is 5.75 Å². The minimum atomic E-state index is -0.879. The molecule has 3 heteroatoms. The second-order valence-electron chi connectivity index (χ2n) is 4.38. The lowest BCUT2D eigenvalue weighted by Crippen LogP contribution is -1.93. The molecule has 0 saturated carbocycles. The predicted octanol–water partition coefficient (Wildman–Crippen LogP) is 4.23. The van der Waals surface area contributed by atoms with Crippen molar-refractivity contribution >= 4 is 16.7 Å². The Kier molecular flexibility index (Phi) is 4.94. The van der Waals surface area contributed by atoms with Gasteiger partial charge in [0.1, 0.15) is 5.75 Å². The first kappa shape index (κ1) is 14.6. The van der Waals surface area contributed by atoms with E-state index in [4.69, 9.17) is 9.84 Å². The van der Waals surface area contributed by atoms with Crippen LogP contribution in [-0.4, -0.2) is 18.2 Å². The van der Waals surface area contributed by atoms with Crippen LogP contribution in [0.2, 0.25) is 0 Å². The maximum atomic E-state index is 10.2. The Morgan fingerprint density at radius 2 is 1.48 bits per heavy atom. The standard InChI is InChI=1S/C11H10O.C7H6O2/c1-12-11-7-6-9-4-2-3-5-10(9)8-11;8-7(9)6-4-2-1-3-5-6/h2-8H,1H3;1-5H,(H,8,9). The van der Waals surface area contributed by atoms with Gasteiger partial charge in [-0.15, -0.1) is 0 Å². The van der Waals surface area contributed by atoms with Crippen LogP contribution in [-0.2, 0) is 0 Å². The summed E-state index contributed by atoms with van der Waals surface area (Å²) in [7, 11) is 1.68. The van der Waals surface area contributed by atoms with E-state index < -0.39 is 5.97 Å². The van der Waals surface area contributed by atoms with Gasteiger partial charge in [-0.05, 0) is 35.0 Å². The first-order valence-electron chi connectivity index (χ1n) is 6.52. The molecule has 0 heterocycles. The number of rotatable bonds is 2. The highest BCUT2D eigenvalue weighted by atomic mass is 16.5. The first-order chi connectivity index (χ1) is 10.2. The molecule has 3 aromatic carbocycles. The van der Waals surface area contributed by atoms with Gasteiger partial charge in [-0.25, -0.2) is 4.79 Å². The Bertz CT molecular complexity index is 721. The molecule has 0 fully saturated rings. The van der Waals surface area contributed by atoms with E-state index in [-0.39, 0.29) is 0 Å². The normalized spacial score (nSPS) is 9.57. The molecule has 0 aromatic heterocycles. The minimum absolute atomic E-state index is 0.331. The zero-order chi connectivity index (χ0) is 15.1. The highest BCUT2D eigenvalue weighted by Gasteiger charge is 1.96. The largest absolute Gasteiger partial charge is 0.497 e. The van der Waals surface area contributed by atoms with Gasteiger partial charge >= 0.3 is 5.97 Å². The molecular formula is C18H16O3. The summed E-state index contributed by atoms with van der Waals surface area (Å²) in [5, 5.41) is 10.9. The second-order valence-corrected chi connectivity index (χ2v) is 4.38. The van der Waals surface area contributed by atoms with Crippen LogP contribution in [0.25, 0.3) is 10.8 Å². The molecular weight excluding hydrogens is 264 g/mol. The predicted molar refractivity (Wildman–Crippen MR) is 83.9 cm³/mol. The number of hydrogen-bond donors (Lipinski definition) is 1. The van der Waals surface area contributed by atoms with Gasteiger partial charge in [-0.1, -0.05) is 48.5 Å². The molecule has 1 N–H and O–H groups in total. The van der Waals surface area contributed by atoms with Crippen molar-refractivity contribution in [2.75, 3.05) is 7.11 Å². The lowest BCUT2D eigenvalue weighted by Gasteiger charge is -2.00.